The van der Waals surface area contributed by atoms with Crippen LogP contribution in [0.25, 0.3) is 0 Å². The van der Waals surface area contributed by atoms with Gasteiger partial charge in [0.25, 0.3) is 0 Å². The van der Waals surface area contributed by atoms with Gasteiger partial charge in [0, 0.05) is 30.9 Å². The second kappa shape index (κ2) is 6.55. The van der Waals surface area contributed by atoms with Crippen LogP contribution in [0.2, 0.25) is 0 Å². The van der Waals surface area contributed by atoms with Crippen molar-refractivity contribution in [3.63, 3.8) is 0 Å². The number of hydrogen-bond acceptors (Lipinski definition) is 4. The van der Waals surface area contributed by atoms with Crippen molar-refractivity contribution in [2.24, 2.45) is 0 Å². The minimum absolute atomic E-state index is 0.136. The largest absolute Gasteiger partial charge is 0.323 e. The molecule has 0 spiro atoms. The molecule has 2 atom stereocenters. The van der Waals surface area contributed by atoms with Crippen LogP contribution >= 0.6 is 0 Å². The summed E-state index contributed by atoms with van der Waals surface area (Å²) in [6.45, 7) is 7.60. The predicted molar refractivity (Wildman–Crippen MR) is 80.8 cm³/mol. The number of piperazine rings is 1. The summed E-state index contributed by atoms with van der Waals surface area (Å²) in [7, 11) is 0. The lowest BCUT2D eigenvalue weighted by atomic mass is 10.1. The second-order valence-electron chi connectivity index (χ2n) is 5.53. The highest BCUT2D eigenvalue weighted by Gasteiger charge is 2.31. The monoisotopic (exact) mass is 287 g/mol. The van der Waals surface area contributed by atoms with Gasteiger partial charge in [-0.25, -0.2) is 9.78 Å². The first kappa shape index (κ1) is 15.3. The number of anilines is 1. The average molecular weight is 287 g/mol. The van der Waals surface area contributed by atoms with Crippen molar-refractivity contribution in [3.05, 3.63) is 23.9 Å². The molecule has 0 aliphatic carbocycles. The molecule has 21 heavy (non-hydrogen) atoms. The first-order chi connectivity index (χ1) is 10.0. The normalized spacial score (nSPS) is 22.7. The van der Waals surface area contributed by atoms with Gasteiger partial charge in [0.1, 0.15) is 5.82 Å². The molecule has 0 saturated carbocycles. The van der Waals surface area contributed by atoms with Crippen LogP contribution in [0.4, 0.5) is 10.6 Å². The number of rotatable bonds is 2. The lowest BCUT2D eigenvalue weighted by molar-refractivity contribution is 0.0703. The number of nitrogens with zero attached hydrogens (tertiary/aromatic N) is 4. The van der Waals surface area contributed by atoms with E-state index in [-0.39, 0.29) is 18.1 Å². The number of aromatic nitrogens is 1. The minimum atomic E-state index is -0.136. The summed E-state index contributed by atoms with van der Waals surface area (Å²) in [6, 6.07) is 7.93. The number of hydrogen-bond donors (Lipinski definition) is 1. The lowest BCUT2D eigenvalue weighted by Gasteiger charge is -2.43. The summed E-state index contributed by atoms with van der Waals surface area (Å²) < 4.78 is 0. The highest BCUT2D eigenvalue weighted by molar-refractivity contribution is 5.88. The van der Waals surface area contributed by atoms with Crippen LogP contribution in [0, 0.1) is 18.3 Å². The van der Waals surface area contributed by atoms with Crippen molar-refractivity contribution < 1.29 is 4.79 Å². The third-order valence-corrected chi connectivity index (χ3v) is 3.77. The summed E-state index contributed by atoms with van der Waals surface area (Å²) in [5.74, 6) is 0.569. The summed E-state index contributed by atoms with van der Waals surface area (Å²) in [6.07, 6.45) is 0. The van der Waals surface area contributed by atoms with E-state index < -0.39 is 0 Å². The van der Waals surface area contributed by atoms with E-state index in [2.05, 4.69) is 21.3 Å². The van der Waals surface area contributed by atoms with Crippen molar-refractivity contribution in [3.8, 4) is 6.07 Å². The number of aryl methyl sites for hydroxylation is 1. The molecule has 6 nitrogen and oxygen atoms in total. The Bertz CT molecular complexity index is 541. The number of amides is 2. The number of pyridine rings is 1. The number of nitrogens with one attached hydrogen (secondary N) is 1. The molecule has 6 heteroatoms. The Morgan fingerprint density at radius 1 is 1.43 bits per heavy atom. The quantitative estimate of drug-likeness (QED) is 0.842. The van der Waals surface area contributed by atoms with Crippen molar-refractivity contribution in [2.45, 2.75) is 32.9 Å². The molecule has 2 unspecified atom stereocenters. The Kier molecular flexibility index (Phi) is 4.76. The smallest absolute Gasteiger partial charge is 0.321 e. The molecule has 1 saturated heterocycles. The first-order valence-electron chi connectivity index (χ1n) is 7.13. The Morgan fingerprint density at radius 3 is 2.67 bits per heavy atom. The molecule has 1 fully saturated rings. The van der Waals surface area contributed by atoms with Gasteiger partial charge in [-0.3, -0.25) is 10.2 Å². The van der Waals surface area contributed by atoms with E-state index in [4.69, 9.17) is 5.26 Å². The fraction of sp³-hybridized carbons (Fsp3) is 0.533. The fourth-order valence-electron chi connectivity index (χ4n) is 2.72. The van der Waals surface area contributed by atoms with E-state index in [9.17, 15) is 4.79 Å². The molecular weight excluding hydrogens is 266 g/mol. The highest BCUT2D eigenvalue weighted by atomic mass is 16.2. The highest BCUT2D eigenvalue weighted by Crippen LogP contribution is 2.16. The van der Waals surface area contributed by atoms with Gasteiger partial charge < -0.3 is 4.90 Å². The Balaban J connectivity index is 2.00. The van der Waals surface area contributed by atoms with Crippen LogP contribution in [0.3, 0.4) is 0 Å². The van der Waals surface area contributed by atoms with Gasteiger partial charge >= 0.3 is 6.03 Å². The summed E-state index contributed by atoms with van der Waals surface area (Å²) in [4.78, 5) is 20.5. The molecule has 2 heterocycles. The number of nitriles is 1. The lowest BCUT2D eigenvalue weighted by Crippen LogP contribution is -2.58. The summed E-state index contributed by atoms with van der Waals surface area (Å²) >= 11 is 0. The number of carbonyl (C=O) groups excluding carboxylic acids is 1. The fourth-order valence-corrected chi connectivity index (χ4v) is 2.72. The van der Waals surface area contributed by atoms with Gasteiger partial charge in [0.15, 0.2) is 0 Å². The van der Waals surface area contributed by atoms with Crippen LogP contribution < -0.4 is 5.32 Å². The predicted octanol–water partition coefficient (Wildman–Crippen LogP) is 1.84. The van der Waals surface area contributed by atoms with Gasteiger partial charge in [0.05, 0.1) is 12.6 Å². The van der Waals surface area contributed by atoms with Crippen LogP contribution in [-0.2, 0) is 0 Å². The van der Waals surface area contributed by atoms with Crippen LogP contribution in [0.15, 0.2) is 18.2 Å². The molecule has 0 bridgehead atoms. The molecule has 1 aromatic heterocycles. The third-order valence-electron chi connectivity index (χ3n) is 3.77. The molecule has 0 radical (unpaired) electrons. The van der Waals surface area contributed by atoms with Gasteiger partial charge in [-0.15, -0.1) is 0 Å². The molecule has 112 valence electrons. The van der Waals surface area contributed by atoms with Crippen LogP contribution in [-0.4, -0.2) is 52.5 Å². The van der Waals surface area contributed by atoms with E-state index in [1.54, 1.807) is 11.0 Å². The topological polar surface area (TPSA) is 72.3 Å². The maximum Gasteiger partial charge on any atom is 0.323 e. The Labute approximate surface area is 125 Å². The minimum Gasteiger partial charge on any atom is -0.321 e. The average Bonchev–Trinajstić information content (AvgIpc) is 2.42. The summed E-state index contributed by atoms with van der Waals surface area (Å²) in [5.41, 5.74) is 0.869. The van der Waals surface area contributed by atoms with Crippen LogP contribution in [0.1, 0.15) is 19.5 Å². The molecule has 2 amide bonds. The molecule has 1 aliphatic rings. The van der Waals surface area contributed by atoms with E-state index in [0.29, 0.717) is 25.5 Å². The first-order valence-corrected chi connectivity index (χ1v) is 7.13. The van der Waals surface area contributed by atoms with E-state index in [1.165, 1.54) is 0 Å². The summed E-state index contributed by atoms with van der Waals surface area (Å²) in [5, 5.41) is 11.7. The number of urea groups is 1. The van der Waals surface area contributed by atoms with Crippen molar-refractivity contribution >= 4 is 11.8 Å². The molecule has 1 N–H and O–H groups in total. The van der Waals surface area contributed by atoms with E-state index >= 15 is 0 Å². The molecule has 2 rings (SSSR count). The van der Waals surface area contributed by atoms with Gasteiger partial charge in [-0.05, 0) is 32.9 Å². The van der Waals surface area contributed by atoms with Gasteiger partial charge in [-0.2, -0.15) is 5.26 Å². The SMILES string of the molecule is Cc1cccc(NC(=O)N2CC(C)N(CC#N)C(C)C2)n1. The van der Waals surface area contributed by atoms with Gasteiger partial charge in [-0.1, -0.05) is 6.07 Å². The Morgan fingerprint density at radius 2 is 2.10 bits per heavy atom. The number of carbonyl (C=O) groups is 1. The standard InChI is InChI=1S/C15H21N5O/c1-11-5-4-6-14(17-11)18-15(21)19-9-12(2)20(8-7-16)13(3)10-19/h4-6,12-13H,8-10H2,1-3H3,(H,17,18,21). The maximum atomic E-state index is 12.3. The zero-order valence-electron chi connectivity index (χ0n) is 12.7. The van der Waals surface area contributed by atoms with Crippen LogP contribution in [0.5, 0.6) is 0 Å². The maximum absolute atomic E-state index is 12.3. The zero-order chi connectivity index (χ0) is 15.4. The third kappa shape index (κ3) is 3.70. The Hall–Kier alpha value is -2.13. The molecule has 0 aromatic carbocycles. The second-order valence-corrected chi connectivity index (χ2v) is 5.53. The van der Waals surface area contributed by atoms with Crippen molar-refractivity contribution in [2.75, 3.05) is 25.0 Å². The van der Waals surface area contributed by atoms with E-state index in [1.807, 2.05) is 32.9 Å². The molecular formula is C15H21N5O. The van der Waals surface area contributed by atoms with Crippen molar-refractivity contribution in [1.82, 2.24) is 14.8 Å². The zero-order valence-corrected chi connectivity index (χ0v) is 12.7. The van der Waals surface area contributed by atoms with Crippen molar-refractivity contribution in [1.29, 1.82) is 5.26 Å². The van der Waals surface area contributed by atoms with E-state index in [0.717, 1.165) is 5.69 Å². The van der Waals surface area contributed by atoms with Gasteiger partial charge in [0.2, 0.25) is 0 Å². The molecule has 1 aliphatic heterocycles. The molecule has 1 aromatic rings.